The quantitative estimate of drug-likeness (QED) is 0.756. The van der Waals surface area contributed by atoms with Crippen LogP contribution < -0.4 is 5.32 Å². The van der Waals surface area contributed by atoms with Gasteiger partial charge in [0.05, 0.1) is 12.9 Å². The maximum atomic E-state index is 11.9. The van der Waals surface area contributed by atoms with Crippen LogP contribution in [0.1, 0.15) is 31.9 Å². The van der Waals surface area contributed by atoms with Gasteiger partial charge in [-0.1, -0.05) is 48.5 Å². The molecule has 0 aliphatic heterocycles. The lowest BCUT2D eigenvalue weighted by Crippen LogP contribution is -2.32. The Kier molecular flexibility index (Phi) is 6.62. The molecule has 6 nitrogen and oxygen atoms in total. The summed E-state index contributed by atoms with van der Waals surface area (Å²) in [7, 11) is -3.47. The van der Waals surface area contributed by atoms with Crippen molar-refractivity contribution in [2.45, 2.75) is 39.5 Å². The summed E-state index contributed by atoms with van der Waals surface area (Å²) in [5.41, 5.74) is 3.09. The second kappa shape index (κ2) is 8.54. The van der Waals surface area contributed by atoms with E-state index >= 15 is 0 Å². The Morgan fingerprint density at radius 2 is 1.67 bits per heavy atom. The molecule has 0 saturated heterocycles. The fraction of sp³-hybridized carbons (Fsp3) is 0.350. The first kappa shape index (κ1) is 20.9. The van der Waals surface area contributed by atoms with Crippen LogP contribution in [-0.2, 0) is 32.2 Å². The fourth-order valence-corrected chi connectivity index (χ4v) is 2.74. The molecule has 0 atom stereocenters. The highest BCUT2D eigenvalue weighted by Gasteiger charge is 2.16. The topological polar surface area (TPSA) is 81.7 Å². The van der Waals surface area contributed by atoms with Crippen LogP contribution in [0.25, 0.3) is 11.1 Å². The molecule has 0 aromatic heterocycles. The van der Waals surface area contributed by atoms with Gasteiger partial charge in [0.2, 0.25) is 0 Å². The van der Waals surface area contributed by atoms with Gasteiger partial charge < -0.3 is 10.1 Å². The minimum Gasteiger partial charge on any atom is -0.444 e. The number of amides is 1. The number of hydrogen-bond donors (Lipinski definition) is 1. The summed E-state index contributed by atoms with van der Waals surface area (Å²) in [4.78, 5) is 11.9. The SMILES string of the molecule is CC(C)(C)OC(=O)NCc1ccccc1-c1ccc(COS(C)(=O)=O)cc1. The highest BCUT2D eigenvalue weighted by Crippen LogP contribution is 2.24. The van der Waals surface area contributed by atoms with E-state index < -0.39 is 21.8 Å². The average Bonchev–Trinajstić information content (AvgIpc) is 2.57. The molecule has 1 amide bonds. The minimum absolute atomic E-state index is 0.000952. The van der Waals surface area contributed by atoms with Crippen molar-refractivity contribution in [3.63, 3.8) is 0 Å². The van der Waals surface area contributed by atoms with Crippen LogP contribution in [-0.4, -0.2) is 26.4 Å². The maximum absolute atomic E-state index is 11.9. The van der Waals surface area contributed by atoms with Gasteiger partial charge in [0.15, 0.2) is 0 Å². The molecule has 2 aromatic rings. The van der Waals surface area contributed by atoms with Gasteiger partial charge in [0, 0.05) is 6.54 Å². The summed E-state index contributed by atoms with van der Waals surface area (Å²) in [6.45, 7) is 5.78. The van der Waals surface area contributed by atoms with E-state index in [4.69, 9.17) is 8.92 Å². The van der Waals surface area contributed by atoms with Gasteiger partial charge in [0.25, 0.3) is 10.1 Å². The van der Waals surface area contributed by atoms with Crippen molar-refractivity contribution in [1.82, 2.24) is 5.32 Å². The molecular weight excluding hydrogens is 366 g/mol. The molecule has 2 rings (SSSR count). The molecule has 0 aliphatic rings. The zero-order valence-corrected chi connectivity index (χ0v) is 16.8. The Balaban J connectivity index is 2.09. The third-order valence-electron chi connectivity index (χ3n) is 3.54. The number of alkyl carbamates (subject to hydrolysis) is 1. The van der Waals surface area contributed by atoms with E-state index in [0.29, 0.717) is 6.54 Å². The normalized spacial score (nSPS) is 11.9. The molecule has 0 radical (unpaired) electrons. The Hall–Kier alpha value is -2.38. The summed E-state index contributed by atoms with van der Waals surface area (Å²) in [6, 6.07) is 15.2. The molecule has 0 heterocycles. The summed E-state index contributed by atoms with van der Waals surface area (Å²) in [6.07, 6.45) is 0.556. The van der Waals surface area contributed by atoms with E-state index in [9.17, 15) is 13.2 Å². The van der Waals surface area contributed by atoms with E-state index in [1.54, 1.807) is 0 Å². The predicted molar refractivity (Wildman–Crippen MR) is 105 cm³/mol. The molecule has 0 saturated carbocycles. The number of benzene rings is 2. The van der Waals surface area contributed by atoms with Crippen molar-refractivity contribution in [2.75, 3.05) is 6.26 Å². The zero-order chi connectivity index (χ0) is 20.1. The van der Waals surface area contributed by atoms with E-state index in [2.05, 4.69) is 5.32 Å². The standard InChI is InChI=1S/C20H25NO5S/c1-20(2,3)26-19(22)21-13-17-7-5-6-8-18(17)16-11-9-15(10-12-16)14-25-27(4,23)24/h5-12H,13-14H2,1-4H3,(H,21,22). The zero-order valence-electron chi connectivity index (χ0n) is 16.0. The Labute approximate surface area is 160 Å². The summed E-state index contributed by atoms with van der Waals surface area (Å²) in [5, 5.41) is 2.77. The number of hydrogen-bond acceptors (Lipinski definition) is 5. The van der Waals surface area contributed by atoms with E-state index in [0.717, 1.165) is 28.5 Å². The summed E-state index contributed by atoms with van der Waals surface area (Å²) in [5.74, 6) is 0. The van der Waals surface area contributed by atoms with Crippen LogP contribution in [0, 0.1) is 0 Å². The predicted octanol–water partition coefficient (Wildman–Crippen LogP) is 3.85. The lowest BCUT2D eigenvalue weighted by atomic mass is 9.99. The van der Waals surface area contributed by atoms with Crippen molar-refractivity contribution >= 4 is 16.2 Å². The molecule has 0 spiro atoms. The van der Waals surface area contributed by atoms with Crippen molar-refractivity contribution in [2.24, 2.45) is 0 Å². The molecule has 0 bridgehead atoms. The Morgan fingerprint density at radius 3 is 2.26 bits per heavy atom. The van der Waals surface area contributed by atoms with Gasteiger partial charge in [-0.25, -0.2) is 4.79 Å². The van der Waals surface area contributed by atoms with Gasteiger partial charge in [-0.15, -0.1) is 0 Å². The van der Waals surface area contributed by atoms with E-state index in [1.165, 1.54) is 0 Å². The number of ether oxygens (including phenoxy) is 1. The molecule has 0 aliphatic carbocycles. The van der Waals surface area contributed by atoms with Crippen LogP contribution in [0.2, 0.25) is 0 Å². The van der Waals surface area contributed by atoms with Gasteiger partial charge in [0.1, 0.15) is 5.60 Å². The van der Waals surface area contributed by atoms with E-state index in [-0.39, 0.29) is 6.61 Å². The molecule has 0 unspecified atom stereocenters. The monoisotopic (exact) mass is 391 g/mol. The molecule has 1 N–H and O–H groups in total. The third kappa shape index (κ3) is 7.40. The lowest BCUT2D eigenvalue weighted by Gasteiger charge is -2.20. The smallest absolute Gasteiger partial charge is 0.407 e. The first-order chi connectivity index (χ1) is 12.5. The van der Waals surface area contributed by atoms with Crippen LogP contribution >= 0.6 is 0 Å². The Bertz CT molecular complexity index is 883. The number of carbonyl (C=O) groups is 1. The number of carbonyl (C=O) groups excluding carboxylic acids is 1. The van der Waals surface area contributed by atoms with Crippen LogP contribution in [0.5, 0.6) is 0 Å². The van der Waals surface area contributed by atoms with Crippen molar-refractivity contribution in [3.05, 3.63) is 59.7 Å². The van der Waals surface area contributed by atoms with Gasteiger partial charge in [-0.3, -0.25) is 4.18 Å². The molecule has 146 valence electrons. The van der Waals surface area contributed by atoms with Crippen molar-refractivity contribution in [1.29, 1.82) is 0 Å². The van der Waals surface area contributed by atoms with Gasteiger partial charge >= 0.3 is 6.09 Å². The van der Waals surface area contributed by atoms with Gasteiger partial charge in [-0.05, 0) is 43.0 Å². The average molecular weight is 391 g/mol. The van der Waals surface area contributed by atoms with Crippen LogP contribution in [0.3, 0.4) is 0 Å². The largest absolute Gasteiger partial charge is 0.444 e. The fourth-order valence-electron chi connectivity index (χ4n) is 2.39. The highest BCUT2D eigenvalue weighted by molar-refractivity contribution is 7.85. The first-order valence-corrected chi connectivity index (χ1v) is 10.3. The van der Waals surface area contributed by atoms with Crippen LogP contribution in [0.15, 0.2) is 48.5 Å². The van der Waals surface area contributed by atoms with Crippen molar-refractivity contribution in [3.8, 4) is 11.1 Å². The van der Waals surface area contributed by atoms with Crippen molar-refractivity contribution < 1.29 is 22.1 Å². The highest BCUT2D eigenvalue weighted by atomic mass is 32.2. The summed E-state index contributed by atoms with van der Waals surface area (Å²) < 4.78 is 32.2. The third-order valence-corrected chi connectivity index (χ3v) is 4.09. The Morgan fingerprint density at radius 1 is 1.04 bits per heavy atom. The first-order valence-electron chi connectivity index (χ1n) is 8.52. The second-order valence-electron chi connectivity index (χ2n) is 7.18. The van der Waals surface area contributed by atoms with Gasteiger partial charge in [-0.2, -0.15) is 8.42 Å². The van der Waals surface area contributed by atoms with Crippen LogP contribution in [0.4, 0.5) is 4.79 Å². The molecule has 0 fully saturated rings. The van der Waals surface area contributed by atoms with E-state index in [1.807, 2.05) is 69.3 Å². The lowest BCUT2D eigenvalue weighted by molar-refractivity contribution is 0.0523. The number of rotatable bonds is 6. The minimum atomic E-state index is -3.47. The summed E-state index contributed by atoms with van der Waals surface area (Å²) >= 11 is 0. The number of nitrogens with one attached hydrogen (secondary N) is 1. The molecule has 2 aromatic carbocycles. The maximum Gasteiger partial charge on any atom is 0.407 e. The molecular formula is C20H25NO5S. The second-order valence-corrected chi connectivity index (χ2v) is 8.82. The molecule has 27 heavy (non-hydrogen) atoms. The molecule has 7 heteroatoms.